The molecule has 0 radical (unpaired) electrons. The first kappa shape index (κ1) is 14.3. The summed E-state index contributed by atoms with van der Waals surface area (Å²) in [6, 6.07) is 9.52. The summed E-state index contributed by atoms with van der Waals surface area (Å²) in [5, 5.41) is 0. The van der Waals surface area contributed by atoms with Crippen molar-refractivity contribution >= 4 is 15.8 Å². The van der Waals surface area contributed by atoms with Gasteiger partial charge >= 0.3 is 5.97 Å². The molecule has 106 valence electrons. The van der Waals surface area contributed by atoms with Crippen molar-refractivity contribution < 1.29 is 22.4 Å². The van der Waals surface area contributed by atoms with Crippen LogP contribution < -0.4 is 0 Å². The maximum Gasteiger partial charge on any atom is 0.374 e. The maximum atomic E-state index is 12.2. The first-order chi connectivity index (χ1) is 9.54. The molecule has 1 heterocycles. The first-order valence-electron chi connectivity index (χ1n) is 6.06. The van der Waals surface area contributed by atoms with E-state index in [4.69, 9.17) is 9.15 Å². The molecule has 0 aliphatic heterocycles. The fourth-order valence-corrected chi connectivity index (χ4v) is 3.12. The SMILES string of the molecule is CCOC(=O)c1occc1CS(=O)(=O)c1ccccc1. The first-order valence-corrected chi connectivity index (χ1v) is 7.71. The summed E-state index contributed by atoms with van der Waals surface area (Å²) < 4.78 is 34.3. The van der Waals surface area contributed by atoms with Gasteiger partial charge < -0.3 is 9.15 Å². The minimum absolute atomic E-state index is 0.0636. The van der Waals surface area contributed by atoms with Crippen LogP contribution in [0.15, 0.2) is 52.0 Å². The number of esters is 1. The molecule has 2 aromatic rings. The molecule has 0 saturated carbocycles. The molecule has 0 N–H and O–H groups in total. The molecule has 6 heteroatoms. The highest BCUT2D eigenvalue weighted by molar-refractivity contribution is 7.90. The molecule has 5 nitrogen and oxygen atoms in total. The largest absolute Gasteiger partial charge is 0.460 e. The highest BCUT2D eigenvalue weighted by Gasteiger charge is 2.22. The van der Waals surface area contributed by atoms with Gasteiger partial charge in [0, 0.05) is 5.56 Å². The van der Waals surface area contributed by atoms with Crippen molar-refractivity contribution in [3.63, 3.8) is 0 Å². The monoisotopic (exact) mass is 294 g/mol. The zero-order valence-corrected chi connectivity index (χ0v) is 11.7. The number of furan rings is 1. The third kappa shape index (κ3) is 3.08. The predicted octanol–water partition coefficient (Wildman–Crippen LogP) is 2.43. The summed E-state index contributed by atoms with van der Waals surface area (Å²) in [4.78, 5) is 11.8. The minimum atomic E-state index is -3.52. The van der Waals surface area contributed by atoms with Gasteiger partial charge in [0.15, 0.2) is 9.84 Å². The second kappa shape index (κ2) is 5.92. The van der Waals surface area contributed by atoms with E-state index in [0.717, 1.165) is 0 Å². The molecule has 0 spiro atoms. The Bertz CT molecular complexity index is 685. The van der Waals surface area contributed by atoms with Crippen LogP contribution in [-0.4, -0.2) is 21.0 Å². The molecule has 0 amide bonds. The van der Waals surface area contributed by atoms with Crippen molar-refractivity contribution in [2.45, 2.75) is 17.6 Å². The number of hydrogen-bond acceptors (Lipinski definition) is 5. The minimum Gasteiger partial charge on any atom is -0.460 e. The molecule has 0 bridgehead atoms. The van der Waals surface area contributed by atoms with Crippen LogP contribution in [0, 0.1) is 0 Å². The van der Waals surface area contributed by atoms with E-state index >= 15 is 0 Å². The number of ether oxygens (including phenoxy) is 1. The predicted molar refractivity (Wildman–Crippen MR) is 72.0 cm³/mol. The molecule has 20 heavy (non-hydrogen) atoms. The molecule has 0 atom stereocenters. The Hall–Kier alpha value is -2.08. The van der Waals surface area contributed by atoms with E-state index < -0.39 is 15.8 Å². The van der Waals surface area contributed by atoms with Gasteiger partial charge in [-0.15, -0.1) is 0 Å². The van der Waals surface area contributed by atoms with Crippen molar-refractivity contribution in [2.24, 2.45) is 0 Å². The number of benzene rings is 1. The third-order valence-electron chi connectivity index (χ3n) is 2.66. The van der Waals surface area contributed by atoms with Crippen molar-refractivity contribution in [2.75, 3.05) is 6.61 Å². The zero-order valence-electron chi connectivity index (χ0n) is 10.9. The van der Waals surface area contributed by atoms with Crippen LogP contribution in [0.1, 0.15) is 23.0 Å². The van der Waals surface area contributed by atoms with E-state index in [0.29, 0.717) is 5.56 Å². The van der Waals surface area contributed by atoms with Crippen molar-refractivity contribution in [3.05, 3.63) is 54.0 Å². The summed E-state index contributed by atoms with van der Waals surface area (Å²) in [6.45, 7) is 1.87. The van der Waals surface area contributed by atoms with Gasteiger partial charge in [-0.3, -0.25) is 0 Å². The molecule has 0 fully saturated rings. The van der Waals surface area contributed by atoms with Crippen LogP contribution in [0.2, 0.25) is 0 Å². The molecule has 0 unspecified atom stereocenters. The van der Waals surface area contributed by atoms with Gasteiger partial charge in [-0.2, -0.15) is 0 Å². The van der Waals surface area contributed by atoms with Crippen LogP contribution in [0.25, 0.3) is 0 Å². The average molecular weight is 294 g/mol. The van der Waals surface area contributed by atoms with Crippen LogP contribution >= 0.6 is 0 Å². The van der Waals surface area contributed by atoms with E-state index in [1.54, 1.807) is 25.1 Å². The fraction of sp³-hybridized carbons (Fsp3) is 0.214. The fourth-order valence-electron chi connectivity index (χ4n) is 1.74. The second-order valence-corrected chi connectivity index (χ2v) is 6.06. The number of sulfone groups is 1. The number of carbonyl (C=O) groups is 1. The number of carbonyl (C=O) groups excluding carboxylic acids is 1. The third-order valence-corrected chi connectivity index (χ3v) is 4.34. The van der Waals surface area contributed by atoms with Gasteiger partial charge in [0.1, 0.15) is 0 Å². The molecule has 1 aromatic carbocycles. The molecule has 0 aliphatic carbocycles. The van der Waals surface area contributed by atoms with Gasteiger partial charge in [0.2, 0.25) is 5.76 Å². The lowest BCUT2D eigenvalue weighted by Gasteiger charge is -2.04. The van der Waals surface area contributed by atoms with Crippen molar-refractivity contribution in [1.82, 2.24) is 0 Å². The summed E-state index contributed by atoms with van der Waals surface area (Å²) in [5.74, 6) is -1.02. The molecule has 0 saturated heterocycles. The topological polar surface area (TPSA) is 73.6 Å². The van der Waals surface area contributed by atoms with Crippen LogP contribution in [0.4, 0.5) is 0 Å². The van der Waals surface area contributed by atoms with Crippen molar-refractivity contribution in [3.8, 4) is 0 Å². The molecule has 2 rings (SSSR count). The van der Waals surface area contributed by atoms with E-state index in [1.165, 1.54) is 24.5 Å². The van der Waals surface area contributed by atoms with E-state index in [-0.39, 0.29) is 23.0 Å². The van der Waals surface area contributed by atoms with Gasteiger partial charge in [-0.1, -0.05) is 18.2 Å². The van der Waals surface area contributed by atoms with Gasteiger partial charge in [0.05, 0.1) is 23.5 Å². The summed E-state index contributed by atoms with van der Waals surface area (Å²) in [5.41, 5.74) is 0.298. The Morgan fingerprint density at radius 1 is 1.20 bits per heavy atom. The van der Waals surface area contributed by atoms with Crippen molar-refractivity contribution in [1.29, 1.82) is 0 Å². The summed E-state index contributed by atoms with van der Waals surface area (Å²) in [7, 11) is -3.52. The highest BCUT2D eigenvalue weighted by Crippen LogP contribution is 2.20. The van der Waals surface area contributed by atoms with E-state index in [9.17, 15) is 13.2 Å². The second-order valence-electron chi connectivity index (χ2n) is 4.07. The van der Waals surface area contributed by atoms with Gasteiger partial charge in [-0.25, -0.2) is 13.2 Å². The maximum absolute atomic E-state index is 12.2. The zero-order chi connectivity index (χ0) is 14.6. The molecular weight excluding hydrogens is 280 g/mol. The van der Waals surface area contributed by atoms with E-state index in [2.05, 4.69) is 0 Å². The summed E-state index contributed by atoms with van der Waals surface area (Å²) >= 11 is 0. The molecule has 1 aromatic heterocycles. The Kier molecular flexibility index (Phi) is 4.24. The smallest absolute Gasteiger partial charge is 0.374 e. The standard InChI is InChI=1S/C14H14O5S/c1-2-18-14(15)13-11(8-9-19-13)10-20(16,17)12-6-4-3-5-7-12/h3-9H,2,10H2,1H3. The normalized spacial score (nSPS) is 11.2. The Balaban J connectivity index is 2.27. The highest BCUT2D eigenvalue weighted by atomic mass is 32.2. The number of hydrogen-bond donors (Lipinski definition) is 0. The number of rotatable bonds is 5. The van der Waals surface area contributed by atoms with E-state index in [1.807, 2.05) is 0 Å². The lowest BCUT2D eigenvalue weighted by molar-refractivity contribution is 0.0489. The van der Waals surface area contributed by atoms with Crippen LogP contribution in [0.3, 0.4) is 0 Å². The lowest BCUT2D eigenvalue weighted by atomic mass is 10.3. The Morgan fingerprint density at radius 2 is 1.90 bits per heavy atom. The van der Waals surface area contributed by atoms with Crippen LogP contribution in [-0.2, 0) is 20.3 Å². The van der Waals surface area contributed by atoms with Gasteiger partial charge in [0.25, 0.3) is 0 Å². The van der Waals surface area contributed by atoms with Gasteiger partial charge in [-0.05, 0) is 25.1 Å². The Labute approximate surface area is 117 Å². The molecule has 0 aliphatic rings. The average Bonchev–Trinajstić information content (AvgIpc) is 2.87. The Morgan fingerprint density at radius 3 is 2.55 bits per heavy atom. The molecular formula is C14H14O5S. The summed E-state index contributed by atoms with van der Waals surface area (Å²) in [6.07, 6.45) is 1.28. The van der Waals surface area contributed by atoms with Crippen LogP contribution in [0.5, 0.6) is 0 Å². The lowest BCUT2D eigenvalue weighted by Crippen LogP contribution is -2.10. The quantitative estimate of drug-likeness (QED) is 0.792.